The molecule has 0 heterocycles. The molecule has 0 fully saturated rings. The fourth-order valence-corrected chi connectivity index (χ4v) is 1.37. The number of amides is 1. The summed E-state index contributed by atoms with van der Waals surface area (Å²) in [5.41, 5.74) is 1.25. The lowest BCUT2D eigenvalue weighted by Crippen LogP contribution is -2.31. The topological polar surface area (TPSA) is 66.4 Å². The smallest absolute Gasteiger partial charge is 0.290 e. The highest BCUT2D eigenvalue weighted by atomic mass is 16.3. The number of carboxylic acid groups (broad SMARTS) is 1. The minimum absolute atomic E-state index is 0.0310. The van der Waals surface area contributed by atoms with Gasteiger partial charge in [-0.05, 0) is 18.9 Å². The lowest BCUT2D eigenvalue weighted by atomic mass is 10.1. The molecule has 0 aromatic heterocycles. The second kappa shape index (κ2) is 13.2. The number of hydrogen-bond donors (Lipinski definition) is 2. The van der Waals surface area contributed by atoms with Crippen molar-refractivity contribution in [1.82, 2.24) is 5.32 Å². The van der Waals surface area contributed by atoms with E-state index in [-0.39, 0.29) is 18.4 Å². The van der Waals surface area contributed by atoms with Crippen LogP contribution in [0.2, 0.25) is 0 Å². The van der Waals surface area contributed by atoms with Gasteiger partial charge in [-0.1, -0.05) is 44.2 Å². The summed E-state index contributed by atoms with van der Waals surface area (Å²) in [5.74, 6) is 0.0310. The molecule has 0 aliphatic heterocycles. The predicted molar refractivity (Wildman–Crippen MR) is 73.5 cm³/mol. The van der Waals surface area contributed by atoms with Gasteiger partial charge in [-0.25, -0.2) is 0 Å². The van der Waals surface area contributed by atoms with Crippen molar-refractivity contribution < 1.29 is 14.7 Å². The SMILES string of the molecule is CC.CC(=O)NC(C)Cc1ccccc1.O=CO. The van der Waals surface area contributed by atoms with E-state index in [1.807, 2.05) is 39.0 Å². The van der Waals surface area contributed by atoms with Crippen LogP contribution in [0.1, 0.15) is 33.3 Å². The quantitative estimate of drug-likeness (QED) is 0.813. The maximum Gasteiger partial charge on any atom is 0.290 e. The van der Waals surface area contributed by atoms with Crippen molar-refractivity contribution in [3.8, 4) is 0 Å². The van der Waals surface area contributed by atoms with Crippen LogP contribution in [0.15, 0.2) is 30.3 Å². The van der Waals surface area contributed by atoms with E-state index >= 15 is 0 Å². The number of nitrogens with one attached hydrogen (secondary N) is 1. The lowest BCUT2D eigenvalue weighted by molar-refractivity contribution is -0.123. The monoisotopic (exact) mass is 253 g/mol. The average Bonchev–Trinajstić information content (AvgIpc) is 2.32. The van der Waals surface area contributed by atoms with E-state index in [4.69, 9.17) is 9.90 Å². The summed E-state index contributed by atoms with van der Waals surface area (Å²) in [6, 6.07) is 10.4. The van der Waals surface area contributed by atoms with Crippen LogP contribution in [0.3, 0.4) is 0 Å². The molecule has 2 N–H and O–H groups in total. The largest absolute Gasteiger partial charge is 0.483 e. The molecule has 18 heavy (non-hydrogen) atoms. The van der Waals surface area contributed by atoms with Crippen LogP contribution in [0, 0.1) is 0 Å². The molecule has 0 radical (unpaired) electrons. The van der Waals surface area contributed by atoms with Crippen LogP contribution in [0.4, 0.5) is 0 Å². The standard InChI is InChI=1S/C11H15NO.C2H6.CH2O2/c1-9(12-10(2)13)8-11-6-4-3-5-7-11;1-2;2-1-3/h3-7,9H,8H2,1-2H3,(H,12,13);1-2H3;1H,(H,2,3). The maximum atomic E-state index is 10.7. The van der Waals surface area contributed by atoms with Gasteiger partial charge in [0.25, 0.3) is 6.47 Å². The van der Waals surface area contributed by atoms with E-state index in [0.717, 1.165) is 6.42 Å². The fourth-order valence-electron chi connectivity index (χ4n) is 1.37. The molecule has 102 valence electrons. The van der Waals surface area contributed by atoms with Crippen LogP contribution in [-0.2, 0) is 16.0 Å². The van der Waals surface area contributed by atoms with E-state index in [0.29, 0.717) is 0 Å². The van der Waals surface area contributed by atoms with Gasteiger partial charge in [-0.3, -0.25) is 9.59 Å². The first-order valence-electron chi connectivity index (χ1n) is 5.99. The van der Waals surface area contributed by atoms with Crippen molar-refractivity contribution in [2.24, 2.45) is 0 Å². The maximum absolute atomic E-state index is 10.7. The highest BCUT2D eigenvalue weighted by Gasteiger charge is 2.03. The summed E-state index contributed by atoms with van der Waals surface area (Å²) in [7, 11) is 0. The number of carbonyl (C=O) groups is 2. The van der Waals surface area contributed by atoms with Crippen LogP contribution < -0.4 is 5.32 Å². The Hall–Kier alpha value is -1.84. The second-order valence-electron chi connectivity index (χ2n) is 3.40. The van der Waals surface area contributed by atoms with Gasteiger partial charge in [0, 0.05) is 13.0 Å². The predicted octanol–water partition coefficient (Wildman–Crippen LogP) is 2.48. The van der Waals surface area contributed by atoms with Crippen molar-refractivity contribution in [2.45, 2.75) is 40.2 Å². The Bertz CT molecular complexity index is 312. The van der Waals surface area contributed by atoms with Crippen molar-refractivity contribution in [2.75, 3.05) is 0 Å². The van der Waals surface area contributed by atoms with Gasteiger partial charge in [0.1, 0.15) is 0 Å². The molecule has 0 aliphatic rings. The third-order valence-electron chi connectivity index (χ3n) is 1.83. The minimum atomic E-state index is -0.250. The molecule has 0 aliphatic carbocycles. The number of carbonyl (C=O) groups excluding carboxylic acids is 1. The van der Waals surface area contributed by atoms with Gasteiger partial charge in [0.05, 0.1) is 0 Å². The highest BCUT2D eigenvalue weighted by molar-refractivity contribution is 5.73. The normalized spacial score (nSPS) is 9.78. The van der Waals surface area contributed by atoms with E-state index in [2.05, 4.69) is 17.4 Å². The zero-order valence-electron chi connectivity index (χ0n) is 11.5. The number of rotatable bonds is 3. The first-order valence-corrected chi connectivity index (χ1v) is 5.99. The lowest BCUT2D eigenvalue weighted by Gasteiger charge is -2.11. The van der Waals surface area contributed by atoms with Gasteiger partial charge in [-0.15, -0.1) is 0 Å². The molecule has 0 spiro atoms. The van der Waals surface area contributed by atoms with Crippen LogP contribution >= 0.6 is 0 Å². The van der Waals surface area contributed by atoms with E-state index in [1.165, 1.54) is 5.56 Å². The minimum Gasteiger partial charge on any atom is -0.483 e. The van der Waals surface area contributed by atoms with Gasteiger partial charge in [-0.2, -0.15) is 0 Å². The first-order chi connectivity index (χ1) is 8.60. The molecule has 0 saturated heterocycles. The zero-order valence-corrected chi connectivity index (χ0v) is 11.5. The third kappa shape index (κ3) is 12.2. The molecule has 1 aromatic carbocycles. The van der Waals surface area contributed by atoms with E-state index < -0.39 is 0 Å². The molecular weight excluding hydrogens is 230 g/mol. The van der Waals surface area contributed by atoms with Crippen molar-refractivity contribution in [1.29, 1.82) is 0 Å². The Kier molecular flexibility index (Phi) is 13.6. The van der Waals surface area contributed by atoms with Crippen LogP contribution in [0.5, 0.6) is 0 Å². The van der Waals surface area contributed by atoms with Crippen LogP contribution in [-0.4, -0.2) is 23.5 Å². The molecule has 4 heteroatoms. The summed E-state index contributed by atoms with van der Waals surface area (Å²) in [5, 5.41) is 9.74. The summed E-state index contributed by atoms with van der Waals surface area (Å²) >= 11 is 0. The average molecular weight is 253 g/mol. The van der Waals surface area contributed by atoms with E-state index in [1.54, 1.807) is 6.92 Å². The van der Waals surface area contributed by atoms with Gasteiger partial charge < -0.3 is 10.4 Å². The Morgan fingerprint density at radius 3 is 2.17 bits per heavy atom. The molecule has 1 amide bonds. The van der Waals surface area contributed by atoms with Crippen molar-refractivity contribution in [3.05, 3.63) is 35.9 Å². The Morgan fingerprint density at radius 1 is 1.33 bits per heavy atom. The zero-order chi connectivity index (χ0) is 14.4. The number of hydrogen-bond acceptors (Lipinski definition) is 2. The molecule has 1 unspecified atom stereocenters. The Labute approximate surface area is 109 Å². The fraction of sp³-hybridized carbons (Fsp3) is 0.429. The summed E-state index contributed by atoms with van der Waals surface area (Å²) in [6.07, 6.45) is 0.889. The Morgan fingerprint density at radius 2 is 1.78 bits per heavy atom. The molecule has 1 atom stereocenters. The van der Waals surface area contributed by atoms with Gasteiger partial charge in [0.2, 0.25) is 5.91 Å². The molecule has 1 aromatic rings. The van der Waals surface area contributed by atoms with Crippen molar-refractivity contribution in [3.63, 3.8) is 0 Å². The molecular formula is C14H23NO3. The highest BCUT2D eigenvalue weighted by Crippen LogP contribution is 2.02. The second-order valence-corrected chi connectivity index (χ2v) is 3.40. The summed E-state index contributed by atoms with van der Waals surface area (Å²) in [6.45, 7) is 7.30. The molecule has 0 saturated carbocycles. The summed E-state index contributed by atoms with van der Waals surface area (Å²) < 4.78 is 0. The summed E-state index contributed by atoms with van der Waals surface area (Å²) in [4.78, 5) is 19.1. The van der Waals surface area contributed by atoms with Gasteiger partial charge >= 0.3 is 0 Å². The van der Waals surface area contributed by atoms with E-state index in [9.17, 15) is 4.79 Å². The third-order valence-corrected chi connectivity index (χ3v) is 1.83. The van der Waals surface area contributed by atoms with Crippen LogP contribution in [0.25, 0.3) is 0 Å². The first kappa shape index (κ1) is 18.5. The van der Waals surface area contributed by atoms with Gasteiger partial charge in [0.15, 0.2) is 0 Å². The molecule has 1 rings (SSSR count). The Balaban J connectivity index is 0. The van der Waals surface area contributed by atoms with Crippen molar-refractivity contribution >= 4 is 12.4 Å². The molecule has 0 bridgehead atoms. The number of benzene rings is 1. The molecule has 4 nitrogen and oxygen atoms in total.